The van der Waals surface area contributed by atoms with Crippen molar-refractivity contribution in [3.63, 3.8) is 0 Å². The van der Waals surface area contributed by atoms with E-state index in [9.17, 15) is 9.59 Å². The van der Waals surface area contributed by atoms with Crippen LogP contribution in [0.4, 0.5) is 0 Å². The molecule has 4 heteroatoms. The Morgan fingerprint density at radius 3 is 2.42 bits per heavy atom. The molecule has 0 aliphatic rings. The van der Waals surface area contributed by atoms with E-state index in [0.717, 1.165) is 12.0 Å². The molecule has 0 saturated heterocycles. The van der Waals surface area contributed by atoms with Crippen molar-refractivity contribution in [2.45, 2.75) is 12.8 Å². The van der Waals surface area contributed by atoms with Crippen LogP contribution in [0.2, 0.25) is 0 Å². The van der Waals surface area contributed by atoms with Crippen molar-refractivity contribution >= 4 is 11.6 Å². The lowest BCUT2D eigenvalue weighted by molar-refractivity contribution is 0.0891. The summed E-state index contributed by atoms with van der Waals surface area (Å²) in [5, 5.41) is 0. The highest BCUT2D eigenvalue weighted by Crippen LogP contribution is 2.15. The smallest absolute Gasteiger partial charge is 0.189 e. The Morgan fingerprint density at radius 1 is 0.885 bits per heavy atom. The molecule has 0 saturated carbocycles. The van der Waals surface area contributed by atoms with Crippen molar-refractivity contribution in [2.75, 3.05) is 7.11 Å². The van der Waals surface area contributed by atoms with Gasteiger partial charge in [0.15, 0.2) is 11.6 Å². The first-order valence-electron chi connectivity index (χ1n) is 8.35. The average Bonchev–Trinajstić information content (AvgIpc) is 2.69. The molecule has 0 amide bonds. The van der Waals surface area contributed by atoms with Gasteiger partial charge in [-0.25, -0.2) is 0 Å². The molecule has 3 aromatic rings. The summed E-state index contributed by atoms with van der Waals surface area (Å²) in [4.78, 5) is 28.9. The van der Waals surface area contributed by atoms with Crippen molar-refractivity contribution in [3.05, 3.63) is 95.3 Å². The number of nitrogens with zero attached hydrogens (tertiary/aromatic N) is 1. The average molecular weight is 345 g/mol. The standard InChI is InChI=1S/C22H19NO3/c1-26-19-10-11-23-20(14-19)22(25)15-21(24)18-9-5-8-17(13-18)12-16-6-3-2-4-7-16/h2-11,13-14H,12,15H2,1H3. The molecule has 3 rings (SSSR count). The largest absolute Gasteiger partial charge is 0.497 e. The van der Waals surface area contributed by atoms with Gasteiger partial charge in [0.2, 0.25) is 0 Å². The minimum absolute atomic E-state index is 0.213. The van der Waals surface area contributed by atoms with E-state index in [0.29, 0.717) is 11.3 Å². The summed E-state index contributed by atoms with van der Waals surface area (Å²) in [6.45, 7) is 0. The van der Waals surface area contributed by atoms with Crippen LogP contribution in [0, 0.1) is 0 Å². The second-order valence-electron chi connectivity index (χ2n) is 5.97. The number of ether oxygens (including phenoxy) is 1. The molecular formula is C22H19NO3. The van der Waals surface area contributed by atoms with Crippen LogP contribution in [-0.2, 0) is 6.42 Å². The lowest BCUT2D eigenvalue weighted by Gasteiger charge is -2.06. The third-order valence-corrected chi connectivity index (χ3v) is 4.07. The van der Waals surface area contributed by atoms with Gasteiger partial charge in [-0.05, 0) is 29.7 Å². The summed E-state index contributed by atoms with van der Waals surface area (Å²) >= 11 is 0. The molecule has 0 aliphatic heterocycles. The van der Waals surface area contributed by atoms with Crippen LogP contribution in [0.5, 0.6) is 5.75 Å². The summed E-state index contributed by atoms with van der Waals surface area (Å²) in [5.74, 6) is 0.0116. The highest BCUT2D eigenvalue weighted by molar-refractivity contribution is 6.13. The molecule has 0 aliphatic carbocycles. The molecule has 0 fully saturated rings. The third kappa shape index (κ3) is 4.42. The van der Waals surface area contributed by atoms with Crippen LogP contribution in [0.15, 0.2) is 72.9 Å². The lowest BCUT2D eigenvalue weighted by Crippen LogP contribution is -2.10. The zero-order valence-corrected chi connectivity index (χ0v) is 14.5. The zero-order chi connectivity index (χ0) is 18.4. The van der Waals surface area contributed by atoms with Crippen molar-refractivity contribution in [3.8, 4) is 5.75 Å². The van der Waals surface area contributed by atoms with Crippen LogP contribution >= 0.6 is 0 Å². The van der Waals surface area contributed by atoms with Crippen LogP contribution in [0.25, 0.3) is 0 Å². The molecule has 2 aromatic carbocycles. The molecule has 4 nitrogen and oxygen atoms in total. The van der Waals surface area contributed by atoms with E-state index < -0.39 is 0 Å². The quantitative estimate of drug-likeness (QED) is 0.477. The first-order valence-corrected chi connectivity index (χ1v) is 8.35. The van der Waals surface area contributed by atoms with Crippen molar-refractivity contribution in [1.82, 2.24) is 4.98 Å². The fourth-order valence-electron chi connectivity index (χ4n) is 2.72. The van der Waals surface area contributed by atoms with Gasteiger partial charge in [0.05, 0.1) is 13.5 Å². The van der Waals surface area contributed by atoms with E-state index in [4.69, 9.17) is 4.74 Å². The Labute approximate surface area is 152 Å². The van der Waals surface area contributed by atoms with Gasteiger partial charge in [0.25, 0.3) is 0 Å². The maximum atomic E-state index is 12.5. The topological polar surface area (TPSA) is 56.3 Å². The summed E-state index contributed by atoms with van der Waals surface area (Å²) in [5.41, 5.74) is 2.98. The van der Waals surface area contributed by atoms with Crippen molar-refractivity contribution in [2.24, 2.45) is 0 Å². The Kier molecular flexibility index (Phi) is 5.54. The van der Waals surface area contributed by atoms with Crippen LogP contribution in [0.3, 0.4) is 0 Å². The minimum atomic E-state index is -0.317. The number of hydrogen-bond donors (Lipinski definition) is 0. The first kappa shape index (κ1) is 17.5. The molecule has 26 heavy (non-hydrogen) atoms. The molecule has 0 bridgehead atoms. The van der Waals surface area contributed by atoms with E-state index in [1.165, 1.54) is 18.9 Å². The van der Waals surface area contributed by atoms with E-state index in [1.807, 2.05) is 48.5 Å². The predicted octanol–water partition coefficient (Wildman–Crippen LogP) is 4.14. The Bertz CT molecular complexity index is 919. The Morgan fingerprint density at radius 2 is 1.65 bits per heavy atom. The monoisotopic (exact) mass is 345 g/mol. The second kappa shape index (κ2) is 8.21. The molecule has 130 valence electrons. The van der Waals surface area contributed by atoms with Gasteiger partial charge in [-0.15, -0.1) is 0 Å². The molecule has 0 atom stereocenters. The normalized spacial score (nSPS) is 10.3. The number of benzene rings is 2. The van der Waals surface area contributed by atoms with Crippen LogP contribution < -0.4 is 4.74 Å². The molecule has 0 radical (unpaired) electrons. The number of carbonyl (C=O) groups is 2. The predicted molar refractivity (Wildman–Crippen MR) is 99.8 cm³/mol. The number of rotatable bonds is 7. The van der Waals surface area contributed by atoms with E-state index in [1.54, 1.807) is 18.2 Å². The zero-order valence-electron chi connectivity index (χ0n) is 14.5. The van der Waals surface area contributed by atoms with Gasteiger partial charge in [-0.1, -0.05) is 48.5 Å². The number of pyridine rings is 1. The summed E-state index contributed by atoms with van der Waals surface area (Å²) < 4.78 is 5.09. The minimum Gasteiger partial charge on any atom is -0.497 e. The number of aromatic nitrogens is 1. The fraction of sp³-hybridized carbons (Fsp3) is 0.136. The number of carbonyl (C=O) groups excluding carboxylic acids is 2. The highest BCUT2D eigenvalue weighted by Gasteiger charge is 2.15. The highest BCUT2D eigenvalue weighted by atomic mass is 16.5. The summed E-state index contributed by atoms with van der Waals surface area (Å²) in [6, 6.07) is 20.7. The number of hydrogen-bond acceptors (Lipinski definition) is 4. The maximum Gasteiger partial charge on any atom is 0.189 e. The summed E-state index contributed by atoms with van der Waals surface area (Å²) in [7, 11) is 1.52. The van der Waals surface area contributed by atoms with Gasteiger partial charge in [-0.3, -0.25) is 14.6 Å². The van der Waals surface area contributed by atoms with Crippen molar-refractivity contribution < 1.29 is 14.3 Å². The molecule has 0 unspecified atom stereocenters. The SMILES string of the molecule is COc1ccnc(C(=O)CC(=O)c2cccc(Cc3ccccc3)c2)c1. The van der Waals surface area contributed by atoms with Crippen LogP contribution in [0.1, 0.15) is 38.4 Å². The Balaban J connectivity index is 1.71. The number of ketones is 2. The van der Waals surface area contributed by atoms with Crippen molar-refractivity contribution in [1.29, 1.82) is 0 Å². The van der Waals surface area contributed by atoms with E-state index in [2.05, 4.69) is 4.98 Å². The molecule has 0 N–H and O–H groups in total. The number of Topliss-reactive ketones (excluding diaryl/α,β-unsaturated/α-hetero) is 2. The van der Waals surface area contributed by atoms with E-state index >= 15 is 0 Å². The summed E-state index contributed by atoms with van der Waals surface area (Å²) in [6.07, 6.45) is 2.03. The molecular weight excluding hydrogens is 326 g/mol. The van der Waals surface area contributed by atoms with Crippen LogP contribution in [-0.4, -0.2) is 23.7 Å². The second-order valence-corrected chi connectivity index (χ2v) is 5.97. The van der Waals surface area contributed by atoms with Gasteiger partial charge in [0.1, 0.15) is 11.4 Å². The number of methoxy groups -OCH3 is 1. The molecule has 0 spiro atoms. The lowest BCUT2D eigenvalue weighted by atomic mass is 9.99. The third-order valence-electron chi connectivity index (χ3n) is 4.07. The molecule has 1 heterocycles. The first-order chi connectivity index (χ1) is 12.7. The molecule has 1 aromatic heterocycles. The van der Waals surface area contributed by atoms with Gasteiger partial charge < -0.3 is 4.74 Å². The fourth-order valence-corrected chi connectivity index (χ4v) is 2.72. The van der Waals surface area contributed by atoms with Gasteiger partial charge in [0, 0.05) is 17.8 Å². The van der Waals surface area contributed by atoms with Gasteiger partial charge in [-0.2, -0.15) is 0 Å². The Hall–Kier alpha value is -3.27. The van der Waals surface area contributed by atoms with E-state index in [-0.39, 0.29) is 23.7 Å². The van der Waals surface area contributed by atoms with Gasteiger partial charge >= 0.3 is 0 Å². The maximum absolute atomic E-state index is 12.5.